The Kier molecular flexibility index (Phi) is 8.69. The van der Waals surface area contributed by atoms with Gasteiger partial charge in [0.25, 0.3) is 0 Å². The highest BCUT2D eigenvalue weighted by molar-refractivity contribution is 7.89. The minimum absolute atomic E-state index is 0.00291. The van der Waals surface area contributed by atoms with Crippen LogP contribution in [0.1, 0.15) is 37.7 Å². The van der Waals surface area contributed by atoms with Crippen LogP contribution in [-0.4, -0.2) is 111 Å². The maximum Gasteiger partial charge on any atom is 0.248 e. The standard InChI is InChI=1S/C29H42N4O4S/c1-23-10-11-24-7-3-4-9-27(24)29(23)38(35,36)33-14-6-5-8-26(33)21-37-22-28(34)32-19-17-31(18-20-32)25-12-15-30(2)16-13-25/h3-4,7,9-11,25-26H,5-6,8,12-22H2,1-2H3. The molecule has 208 valence electrons. The van der Waals surface area contributed by atoms with Crippen LogP contribution in [0, 0.1) is 6.92 Å². The molecule has 0 aromatic heterocycles. The molecule has 8 nitrogen and oxygen atoms in total. The zero-order valence-corrected chi connectivity index (χ0v) is 23.7. The number of ether oxygens (including phenoxy) is 1. The Hall–Kier alpha value is -2.04. The molecule has 3 fully saturated rings. The van der Waals surface area contributed by atoms with Crippen LogP contribution in [0.15, 0.2) is 41.3 Å². The highest BCUT2D eigenvalue weighted by atomic mass is 32.2. The molecule has 2 aromatic carbocycles. The van der Waals surface area contributed by atoms with Gasteiger partial charge in [-0.25, -0.2) is 8.42 Å². The summed E-state index contributed by atoms with van der Waals surface area (Å²) in [5, 5.41) is 1.68. The molecule has 38 heavy (non-hydrogen) atoms. The molecule has 1 amide bonds. The van der Waals surface area contributed by atoms with E-state index in [1.807, 2.05) is 48.2 Å². The van der Waals surface area contributed by atoms with Gasteiger partial charge in [-0.05, 0) is 63.7 Å². The monoisotopic (exact) mass is 542 g/mol. The number of rotatable bonds is 7. The average Bonchev–Trinajstić information content (AvgIpc) is 2.93. The molecule has 1 atom stereocenters. The Morgan fingerprint density at radius 3 is 2.42 bits per heavy atom. The third-order valence-electron chi connectivity index (χ3n) is 8.62. The van der Waals surface area contributed by atoms with Crippen molar-refractivity contribution in [2.24, 2.45) is 0 Å². The van der Waals surface area contributed by atoms with Gasteiger partial charge in [-0.15, -0.1) is 0 Å². The zero-order chi connectivity index (χ0) is 26.7. The van der Waals surface area contributed by atoms with Gasteiger partial charge in [0, 0.05) is 50.2 Å². The first kappa shape index (κ1) is 27.5. The third-order valence-corrected chi connectivity index (χ3v) is 10.8. The van der Waals surface area contributed by atoms with Gasteiger partial charge < -0.3 is 14.5 Å². The number of piperazine rings is 1. The Morgan fingerprint density at radius 2 is 1.66 bits per heavy atom. The van der Waals surface area contributed by atoms with Crippen LogP contribution < -0.4 is 0 Å². The topological polar surface area (TPSA) is 73.4 Å². The number of fused-ring (bicyclic) bond motifs is 1. The molecule has 9 heteroatoms. The van der Waals surface area contributed by atoms with E-state index < -0.39 is 10.0 Å². The number of carbonyl (C=O) groups excluding carboxylic acids is 1. The minimum atomic E-state index is -3.71. The molecule has 3 aliphatic rings. The van der Waals surface area contributed by atoms with E-state index in [2.05, 4.69) is 16.8 Å². The second-order valence-electron chi connectivity index (χ2n) is 11.2. The number of benzene rings is 2. The van der Waals surface area contributed by atoms with Gasteiger partial charge in [0.1, 0.15) is 6.61 Å². The number of aryl methyl sites for hydroxylation is 1. The quantitative estimate of drug-likeness (QED) is 0.536. The molecule has 5 rings (SSSR count). The second kappa shape index (κ2) is 12.0. The largest absolute Gasteiger partial charge is 0.370 e. The van der Waals surface area contributed by atoms with E-state index in [0.717, 1.165) is 74.9 Å². The number of hydrogen-bond donors (Lipinski definition) is 0. The van der Waals surface area contributed by atoms with Crippen LogP contribution in [0.2, 0.25) is 0 Å². The molecule has 3 saturated heterocycles. The molecule has 0 N–H and O–H groups in total. The first-order valence-electron chi connectivity index (χ1n) is 14.1. The predicted molar refractivity (Wildman–Crippen MR) is 150 cm³/mol. The lowest BCUT2D eigenvalue weighted by Crippen LogP contribution is -2.54. The van der Waals surface area contributed by atoms with Crippen molar-refractivity contribution >= 4 is 26.7 Å². The third kappa shape index (κ3) is 5.92. The van der Waals surface area contributed by atoms with E-state index in [-0.39, 0.29) is 25.2 Å². The summed E-state index contributed by atoms with van der Waals surface area (Å²) >= 11 is 0. The van der Waals surface area contributed by atoms with Crippen molar-refractivity contribution in [3.05, 3.63) is 42.0 Å². The lowest BCUT2D eigenvalue weighted by atomic mass is 10.0. The van der Waals surface area contributed by atoms with E-state index in [1.165, 1.54) is 12.8 Å². The van der Waals surface area contributed by atoms with Gasteiger partial charge in [-0.2, -0.15) is 4.31 Å². The summed E-state index contributed by atoms with van der Waals surface area (Å²) in [5.74, 6) is 0.00291. The van der Waals surface area contributed by atoms with Crippen molar-refractivity contribution in [1.82, 2.24) is 19.0 Å². The molecule has 1 unspecified atom stereocenters. The summed E-state index contributed by atoms with van der Waals surface area (Å²) in [5.41, 5.74) is 0.753. The Balaban J connectivity index is 1.17. The highest BCUT2D eigenvalue weighted by Crippen LogP contribution is 2.32. The predicted octanol–water partition coefficient (Wildman–Crippen LogP) is 2.95. The van der Waals surface area contributed by atoms with Gasteiger partial charge in [-0.1, -0.05) is 42.8 Å². The number of hydrogen-bond acceptors (Lipinski definition) is 6. The maximum absolute atomic E-state index is 13.9. The Bertz CT molecular complexity index is 1220. The van der Waals surface area contributed by atoms with Gasteiger partial charge in [0.15, 0.2) is 0 Å². The van der Waals surface area contributed by atoms with E-state index in [4.69, 9.17) is 4.74 Å². The van der Waals surface area contributed by atoms with Crippen LogP contribution in [0.4, 0.5) is 0 Å². The summed E-state index contributed by atoms with van der Waals surface area (Å²) in [6.45, 7) is 8.18. The van der Waals surface area contributed by atoms with Gasteiger partial charge in [-0.3, -0.25) is 9.69 Å². The van der Waals surface area contributed by atoms with Crippen LogP contribution >= 0.6 is 0 Å². The van der Waals surface area contributed by atoms with Crippen molar-refractivity contribution in [3.63, 3.8) is 0 Å². The summed E-state index contributed by atoms with van der Waals surface area (Å²) in [6.07, 6.45) is 4.94. The molecule has 0 aliphatic carbocycles. The Labute approximate surface area is 227 Å². The van der Waals surface area contributed by atoms with Crippen molar-refractivity contribution in [2.75, 3.05) is 66.1 Å². The Morgan fingerprint density at radius 1 is 0.921 bits per heavy atom. The second-order valence-corrected chi connectivity index (χ2v) is 13.0. The molecular weight excluding hydrogens is 500 g/mol. The summed E-state index contributed by atoms with van der Waals surface area (Å²) < 4.78 is 35.4. The maximum atomic E-state index is 13.9. The molecule has 0 spiro atoms. The number of piperidine rings is 2. The summed E-state index contributed by atoms with van der Waals surface area (Å²) in [7, 11) is -1.53. The fourth-order valence-electron chi connectivity index (χ4n) is 6.34. The summed E-state index contributed by atoms with van der Waals surface area (Å²) in [4.78, 5) is 20.1. The minimum Gasteiger partial charge on any atom is -0.370 e. The van der Waals surface area contributed by atoms with Gasteiger partial charge in [0.2, 0.25) is 15.9 Å². The zero-order valence-electron chi connectivity index (χ0n) is 22.8. The number of sulfonamides is 1. The SMILES string of the molecule is Cc1ccc2ccccc2c1S(=O)(=O)N1CCCCC1COCC(=O)N1CCN(C2CCN(C)CC2)CC1. The van der Waals surface area contributed by atoms with E-state index in [0.29, 0.717) is 17.5 Å². The van der Waals surface area contributed by atoms with E-state index in [9.17, 15) is 13.2 Å². The normalized spacial score (nSPS) is 23.2. The van der Waals surface area contributed by atoms with Gasteiger partial charge in [0.05, 0.1) is 11.5 Å². The number of amides is 1. The summed E-state index contributed by atoms with van der Waals surface area (Å²) in [6, 6.07) is 11.9. The molecular formula is C29H42N4O4S. The first-order valence-corrected chi connectivity index (χ1v) is 15.6. The average molecular weight is 543 g/mol. The van der Waals surface area contributed by atoms with Gasteiger partial charge >= 0.3 is 0 Å². The van der Waals surface area contributed by atoms with E-state index >= 15 is 0 Å². The smallest absolute Gasteiger partial charge is 0.248 e. The number of carbonyl (C=O) groups is 1. The fourth-order valence-corrected chi connectivity index (χ4v) is 8.44. The molecule has 0 radical (unpaired) electrons. The molecule has 0 saturated carbocycles. The molecule has 0 bridgehead atoms. The number of nitrogens with zero attached hydrogens (tertiary/aromatic N) is 4. The van der Waals surface area contributed by atoms with E-state index in [1.54, 1.807) is 4.31 Å². The molecule has 3 heterocycles. The highest BCUT2D eigenvalue weighted by Gasteiger charge is 2.36. The van der Waals surface area contributed by atoms with Crippen LogP contribution in [0.3, 0.4) is 0 Å². The van der Waals surface area contributed by atoms with Crippen LogP contribution in [0.5, 0.6) is 0 Å². The lowest BCUT2D eigenvalue weighted by molar-refractivity contribution is -0.138. The van der Waals surface area contributed by atoms with Crippen LogP contribution in [0.25, 0.3) is 10.8 Å². The van der Waals surface area contributed by atoms with Crippen molar-refractivity contribution in [3.8, 4) is 0 Å². The molecule has 2 aromatic rings. The molecule has 3 aliphatic heterocycles. The first-order chi connectivity index (χ1) is 18.3. The number of likely N-dealkylation sites (tertiary alicyclic amines) is 1. The lowest BCUT2D eigenvalue weighted by Gasteiger charge is -2.42. The fraction of sp³-hybridized carbons (Fsp3) is 0.621. The van der Waals surface area contributed by atoms with Crippen molar-refractivity contribution in [1.29, 1.82) is 0 Å². The van der Waals surface area contributed by atoms with Crippen LogP contribution in [-0.2, 0) is 19.6 Å². The van der Waals surface area contributed by atoms with Crippen molar-refractivity contribution < 1.29 is 17.9 Å². The van der Waals surface area contributed by atoms with Crippen molar-refractivity contribution in [2.45, 2.75) is 56.0 Å².